The first-order chi connectivity index (χ1) is 5.51. The lowest BCUT2D eigenvalue weighted by molar-refractivity contribution is -0.127. The van der Waals surface area contributed by atoms with Gasteiger partial charge in [-0.05, 0) is 0 Å². The second kappa shape index (κ2) is 3.40. The Bertz CT molecular complexity index is 256. The molecule has 1 rings (SSSR count). The third-order valence-electron chi connectivity index (χ3n) is 1.16. The van der Waals surface area contributed by atoms with E-state index in [0.717, 1.165) is 11.3 Å². The van der Waals surface area contributed by atoms with E-state index in [0.29, 0.717) is 5.01 Å². The van der Waals surface area contributed by atoms with Crippen molar-refractivity contribution in [2.24, 2.45) is 5.73 Å². The van der Waals surface area contributed by atoms with Crippen LogP contribution in [0, 0.1) is 0 Å². The predicted octanol–water partition coefficient (Wildman–Crippen LogP) is 1.71. The molecule has 6 heteroatoms. The summed E-state index contributed by atoms with van der Waals surface area (Å²) in [7, 11) is 0. The van der Waals surface area contributed by atoms with Crippen LogP contribution in [-0.2, 0) is 13.0 Å². The van der Waals surface area contributed by atoms with Gasteiger partial charge in [0.1, 0.15) is 5.01 Å². The number of thiazole rings is 1. The molecule has 0 spiro atoms. The standard InChI is InChI=1S/C6H7F3N2S/c7-6(8,9)1-4-3-12-5(2-10)11-4/h3H,1-2,10H2. The van der Waals surface area contributed by atoms with Crippen LogP contribution < -0.4 is 5.73 Å². The monoisotopic (exact) mass is 196 g/mol. The average molecular weight is 196 g/mol. The second-order valence-electron chi connectivity index (χ2n) is 2.23. The van der Waals surface area contributed by atoms with E-state index in [1.807, 2.05) is 0 Å². The Labute approximate surface area is 71.2 Å². The molecule has 2 nitrogen and oxygen atoms in total. The van der Waals surface area contributed by atoms with Gasteiger partial charge < -0.3 is 5.73 Å². The first-order valence-corrected chi connectivity index (χ1v) is 4.09. The number of hydrogen-bond acceptors (Lipinski definition) is 3. The zero-order chi connectivity index (χ0) is 9.19. The second-order valence-corrected chi connectivity index (χ2v) is 3.17. The fourth-order valence-corrected chi connectivity index (χ4v) is 1.40. The van der Waals surface area contributed by atoms with E-state index >= 15 is 0 Å². The summed E-state index contributed by atoms with van der Waals surface area (Å²) in [4.78, 5) is 3.69. The number of aromatic nitrogens is 1. The quantitative estimate of drug-likeness (QED) is 0.782. The first-order valence-electron chi connectivity index (χ1n) is 3.21. The first kappa shape index (κ1) is 9.47. The number of rotatable bonds is 2. The van der Waals surface area contributed by atoms with E-state index in [4.69, 9.17) is 5.73 Å². The minimum atomic E-state index is -4.18. The van der Waals surface area contributed by atoms with Gasteiger partial charge in [-0.25, -0.2) is 4.98 Å². The van der Waals surface area contributed by atoms with Gasteiger partial charge in [-0.3, -0.25) is 0 Å². The number of nitrogens with two attached hydrogens (primary N) is 1. The zero-order valence-electron chi connectivity index (χ0n) is 6.06. The summed E-state index contributed by atoms with van der Waals surface area (Å²) in [5, 5.41) is 1.92. The molecule has 1 aromatic rings. The summed E-state index contributed by atoms with van der Waals surface area (Å²) in [5.41, 5.74) is 5.24. The van der Waals surface area contributed by atoms with Crippen LogP contribution in [0.3, 0.4) is 0 Å². The molecule has 0 atom stereocenters. The minimum Gasteiger partial charge on any atom is -0.325 e. The van der Waals surface area contributed by atoms with Crippen molar-refractivity contribution in [1.82, 2.24) is 4.98 Å². The molecule has 0 saturated carbocycles. The summed E-state index contributed by atoms with van der Waals surface area (Å²) in [6, 6.07) is 0. The molecule has 0 amide bonds. The maximum absolute atomic E-state index is 11.8. The van der Waals surface area contributed by atoms with E-state index in [9.17, 15) is 13.2 Å². The van der Waals surface area contributed by atoms with Gasteiger partial charge in [0, 0.05) is 11.9 Å². The summed E-state index contributed by atoms with van der Waals surface area (Å²) in [6.07, 6.45) is -5.15. The molecule has 2 N–H and O–H groups in total. The molecule has 0 aliphatic carbocycles. The number of halogens is 3. The van der Waals surface area contributed by atoms with Crippen molar-refractivity contribution in [3.63, 3.8) is 0 Å². The zero-order valence-corrected chi connectivity index (χ0v) is 6.87. The summed E-state index contributed by atoms with van der Waals surface area (Å²) < 4.78 is 35.4. The average Bonchev–Trinajstić information content (AvgIpc) is 2.32. The summed E-state index contributed by atoms with van der Waals surface area (Å²) in [6.45, 7) is 0.197. The Morgan fingerprint density at radius 2 is 2.17 bits per heavy atom. The molecule has 0 aliphatic heterocycles. The molecule has 12 heavy (non-hydrogen) atoms. The van der Waals surface area contributed by atoms with Crippen LogP contribution in [0.1, 0.15) is 10.7 Å². The highest BCUT2D eigenvalue weighted by atomic mass is 32.1. The largest absolute Gasteiger partial charge is 0.394 e. The van der Waals surface area contributed by atoms with Crippen LogP contribution in [-0.4, -0.2) is 11.2 Å². The van der Waals surface area contributed by atoms with Crippen LogP contribution in [0.15, 0.2) is 5.38 Å². The SMILES string of the molecule is NCc1nc(CC(F)(F)F)cs1. The molecular formula is C6H7F3N2S. The van der Waals surface area contributed by atoms with Crippen LogP contribution in [0.4, 0.5) is 13.2 Å². The maximum Gasteiger partial charge on any atom is 0.394 e. The van der Waals surface area contributed by atoms with Gasteiger partial charge >= 0.3 is 6.18 Å². The number of alkyl halides is 3. The molecular weight excluding hydrogens is 189 g/mol. The highest BCUT2D eigenvalue weighted by Crippen LogP contribution is 2.22. The maximum atomic E-state index is 11.8. The molecule has 68 valence electrons. The lowest BCUT2D eigenvalue weighted by Crippen LogP contribution is -2.11. The van der Waals surface area contributed by atoms with Gasteiger partial charge in [0.2, 0.25) is 0 Å². The van der Waals surface area contributed by atoms with Gasteiger partial charge in [0.25, 0.3) is 0 Å². The van der Waals surface area contributed by atoms with E-state index in [1.54, 1.807) is 0 Å². The Balaban J connectivity index is 2.64. The van der Waals surface area contributed by atoms with Gasteiger partial charge in [0.15, 0.2) is 0 Å². The van der Waals surface area contributed by atoms with E-state index in [-0.39, 0.29) is 12.2 Å². The third-order valence-corrected chi connectivity index (χ3v) is 2.08. The smallest absolute Gasteiger partial charge is 0.325 e. The molecule has 0 unspecified atom stereocenters. The van der Waals surface area contributed by atoms with Gasteiger partial charge in [-0.2, -0.15) is 13.2 Å². The molecule has 0 aliphatic rings. The van der Waals surface area contributed by atoms with Crippen molar-refractivity contribution >= 4 is 11.3 Å². The fourth-order valence-electron chi connectivity index (χ4n) is 0.729. The minimum absolute atomic E-state index is 0.0490. The van der Waals surface area contributed by atoms with Gasteiger partial charge in [0.05, 0.1) is 12.1 Å². The van der Waals surface area contributed by atoms with Crippen molar-refractivity contribution in [2.45, 2.75) is 19.1 Å². The highest BCUT2D eigenvalue weighted by molar-refractivity contribution is 7.09. The molecule has 0 fully saturated rings. The number of nitrogens with zero attached hydrogens (tertiary/aromatic N) is 1. The normalized spacial score (nSPS) is 12.0. The Hall–Kier alpha value is -0.620. The van der Waals surface area contributed by atoms with Crippen molar-refractivity contribution in [3.8, 4) is 0 Å². The molecule has 0 bridgehead atoms. The molecule has 1 heterocycles. The third kappa shape index (κ3) is 2.78. The van der Waals surface area contributed by atoms with Crippen LogP contribution in [0.2, 0.25) is 0 Å². The van der Waals surface area contributed by atoms with Gasteiger partial charge in [-0.15, -0.1) is 11.3 Å². The van der Waals surface area contributed by atoms with E-state index in [1.165, 1.54) is 5.38 Å². The molecule has 0 saturated heterocycles. The van der Waals surface area contributed by atoms with Crippen LogP contribution >= 0.6 is 11.3 Å². The molecule has 0 aromatic carbocycles. The number of hydrogen-bond donors (Lipinski definition) is 1. The van der Waals surface area contributed by atoms with E-state index < -0.39 is 12.6 Å². The molecule has 1 aromatic heterocycles. The van der Waals surface area contributed by atoms with Crippen molar-refractivity contribution in [1.29, 1.82) is 0 Å². The fraction of sp³-hybridized carbons (Fsp3) is 0.500. The van der Waals surface area contributed by atoms with Crippen LogP contribution in [0.5, 0.6) is 0 Å². The lowest BCUT2D eigenvalue weighted by Gasteiger charge is -2.01. The Kier molecular flexibility index (Phi) is 2.69. The summed E-state index contributed by atoms with van der Waals surface area (Å²) >= 11 is 1.15. The Morgan fingerprint density at radius 3 is 2.58 bits per heavy atom. The molecule has 0 radical (unpaired) electrons. The van der Waals surface area contributed by atoms with Crippen LogP contribution in [0.25, 0.3) is 0 Å². The highest BCUT2D eigenvalue weighted by Gasteiger charge is 2.28. The van der Waals surface area contributed by atoms with Gasteiger partial charge in [-0.1, -0.05) is 0 Å². The predicted molar refractivity (Wildman–Crippen MR) is 39.8 cm³/mol. The van der Waals surface area contributed by atoms with E-state index in [2.05, 4.69) is 4.98 Å². The lowest BCUT2D eigenvalue weighted by atomic mass is 10.3. The summed E-state index contributed by atoms with van der Waals surface area (Å²) in [5.74, 6) is 0. The topological polar surface area (TPSA) is 38.9 Å². The van der Waals surface area contributed by atoms with Crippen molar-refractivity contribution in [2.75, 3.05) is 0 Å². The van der Waals surface area contributed by atoms with Crippen molar-refractivity contribution < 1.29 is 13.2 Å². The van der Waals surface area contributed by atoms with Crippen molar-refractivity contribution in [3.05, 3.63) is 16.1 Å². The Morgan fingerprint density at radius 1 is 1.50 bits per heavy atom.